The standard InChI is InChI=1S/C22H28N4O2S/c1-3-16-4-6-17(7-5-16)21-23-15(2)20(29-21)22(28)26-12-10-25(11-13-26)14-19(27)24-18-8-9-18/h4-7,18H,3,8-14H2,1-2H3,(H,24,27). The first-order valence-corrected chi connectivity index (χ1v) is 11.2. The van der Waals surface area contributed by atoms with Crippen molar-refractivity contribution in [2.45, 2.75) is 39.2 Å². The molecule has 0 atom stereocenters. The van der Waals surface area contributed by atoms with Gasteiger partial charge in [-0.25, -0.2) is 4.98 Å². The summed E-state index contributed by atoms with van der Waals surface area (Å²) in [6, 6.07) is 8.79. The van der Waals surface area contributed by atoms with Gasteiger partial charge in [-0.3, -0.25) is 14.5 Å². The number of piperazine rings is 1. The van der Waals surface area contributed by atoms with Crippen LogP contribution in [-0.2, 0) is 11.2 Å². The molecule has 2 amide bonds. The molecule has 154 valence electrons. The minimum Gasteiger partial charge on any atom is -0.352 e. The molecule has 0 radical (unpaired) electrons. The van der Waals surface area contributed by atoms with Gasteiger partial charge in [-0.1, -0.05) is 31.2 Å². The number of carbonyl (C=O) groups excluding carboxylic acids is 2. The van der Waals surface area contributed by atoms with E-state index in [1.165, 1.54) is 16.9 Å². The molecule has 29 heavy (non-hydrogen) atoms. The van der Waals surface area contributed by atoms with Crippen molar-refractivity contribution < 1.29 is 9.59 Å². The average molecular weight is 413 g/mol. The third kappa shape index (κ3) is 4.85. The fourth-order valence-corrected chi connectivity index (χ4v) is 4.60. The summed E-state index contributed by atoms with van der Waals surface area (Å²) in [7, 11) is 0. The Morgan fingerprint density at radius 2 is 1.83 bits per heavy atom. The highest BCUT2D eigenvalue weighted by atomic mass is 32.1. The van der Waals surface area contributed by atoms with E-state index in [1.54, 1.807) is 0 Å². The van der Waals surface area contributed by atoms with Crippen LogP contribution >= 0.6 is 11.3 Å². The SMILES string of the molecule is CCc1ccc(-c2nc(C)c(C(=O)N3CCN(CC(=O)NC4CC4)CC3)s2)cc1. The number of amides is 2. The van der Waals surface area contributed by atoms with Crippen molar-refractivity contribution in [3.63, 3.8) is 0 Å². The van der Waals surface area contributed by atoms with Gasteiger partial charge in [0.25, 0.3) is 5.91 Å². The molecule has 2 aliphatic rings. The minimum atomic E-state index is 0.0542. The van der Waals surface area contributed by atoms with Crippen LogP contribution in [0.1, 0.15) is 40.7 Å². The Hall–Kier alpha value is -2.25. The van der Waals surface area contributed by atoms with Crippen molar-refractivity contribution in [3.05, 3.63) is 40.4 Å². The van der Waals surface area contributed by atoms with Crippen molar-refractivity contribution in [2.24, 2.45) is 0 Å². The van der Waals surface area contributed by atoms with Gasteiger partial charge >= 0.3 is 0 Å². The maximum Gasteiger partial charge on any atom is 0.265 e. The van der Waals surface area contributed by atoms with Gasteiger partial charge in [0.05, 0.1) is 12.2 Å². The lowest BCUT2D eigenvalue weighted by molar-refractivity contribution is -0.122. The summed E-state index contributed by atoms with van der Waals surface area (Å²) >= 11 is 1.47. The normalized spacial score (nSPS) is 17.4. The zero-order valence-electron chi connectivity index (χ0n) is 17.1. The topological polar surface area (TPSA) is 65.5 Å². The summed E-state index contributed by atoms with van der Waals surface area (Å²) in [5.41, 5.74) is 3.14. The number of rotatable bonds is 6. The number of hydrogen-bond acceptors (Lipinski definition) is 5. The van der Waals surface area contributed by atoms with E-state index in [2.05, 4.69) is 46.4 Å². The van der Waals surface area contributed by atoms with Crippen LogP contribution in [0, 0.1) is 6.92 Å². The van der Waals surface area contributed by atoms with E-state index in [4.69, 9.17) is 0 Å². The largest absolute Gasteiger partial charge is 0.352 e. The molecular weight excluding hydrogens is 384 g/mol. The molecule has 1 aliphatic carbocycles. The molecule has 1 aromatic heterocycles. The van der Waals surface area contributed by atoms with Crippen molar-refractivity contribution in [1.29, 1.82) is 0 Å². The van der Waals surface area contributed by atoms with Gasteiger partial charge in [0.15, 0.2) is 0 Å². The van der Waals surface area contributed by atoms with Crippen molar-refractivity contribution in [2.75, 3.05) is 32.7 Å². The molecule has 4 rings (SSSR count). The highest BCUT2D eigenvalue weighted by Crippen LogP contribution is 2.29. The molecule has 1 saturated heterocycles. The number of aryl methyl sites for hydroxylation is 2. The van der Waals surface area contributed by atoms with Crippen molar-refractivity contribution in [3.8, 4) is 10.6 Å². The summed E-state index contributed by atoms with van der Waals surface area (Å²) in [5.74, 6) is 0.155. The van der Waals surface area contributed by atoms with Crippen LogP contribution in [0.4, 0.5) is 0 Å². The number of carbonyl (C=O) groups is 2. The number of aromatic nitrogens is 1. The molecule has 1 aromatic carbocycles. The second-order valence-corrected chi connectivity index (χ2v) is 8.89. The molecule has 0 spiro atoms. The highest BCUT2D eigenvalue weighted by molar-refractivity contribution is 7.17. The van der Waals surface area contributed by atoms with E-state index in [0.29, 0.717) is 25.7 Å². The first kappa shape index (κ1) is 20.0. The lowest BCUT2D eigenvalue weighted by atomic mass is 10.1. The molecule has 0 unspecified atom stereocenters. The zero-order chi connectivity index (χ0) is 20.4. The highest BCUT2D eigenvalue weighted by Gasteiger charge is 2.28. The number of nitrogens with one attached hydrogen (secondary N) is 1. The van der Waals surface area contributed by atoms with Crippen LogP contribution in [0.15, 0.2) is 24.3 Å². The van der Waals surface area contributed by atoms with E-state index in [9.17, 15) is 9.59 Å². The number of nitrogens with zero attached hydrogens (tertiary/aromatic N) is 3. The molecule has 2 aromatic rings. The van der Waals surface area contributed by atoms with Crippen molar-refractivity contribution >= 4 is 23.2 Å². The average Bonchev–Trinajstić information content (AvgIpc) is 3.46. The third-order valence-corrected chi connectivity index (χ3v) is 6.76. The lowest BCUT2D eigenvalue weighted by Crippen LogP contribution is -2.51. The Balaban J connectivity index is 1.36. The quantitative estimate of drug-likeness (QED) is 0.792. The monoisotopic (exact) mass is 412 g/mol. The summed E-state index contributed by atoms with van der Waals surface area (Å²) < 4.78 is 0. The predicted octanol–water partition coefficient (Wildman–Crippen LogP) is 2.72. The molecular formula is C22H28N4O2S. The Labute approximate surface area is 175 Å². The molecule has 0 bridgehead atoms. The molecule has 1 aliphatic heterocycles. The molecule has 2 heterocycles. The fourth-order valence-electron chi connectivity index (χ4n) is 3.56. The van der Waals surface area contributed by atoms with Crippen LogP contribution in [0.2, 0.25) is 0 Å². The van der Waals surface area contributed by atoms with Crippen LogP contribution in [0.25, 0.3) is 10.6 Å². The predicted molar refractivity (Wildman–Crippen MR) is 115 cm³/mol. The maximum absolute atomic E-state index is 13.0. The Morgan fingerprint density at radius 3 is 2.45 bits per heavy atom. The number of benzene rings is 1. The van der Waals surface area contributed by atoms with Gasteiger partial charge in [-0.2, -0.15) is 0 Å². The summed E-state index contributed by atoms with van der Waals surface area (Å²) in [5, 5.41) is 3.92. The summed E-state index contributed by atoms with van der Waals surface area (Å²) in [6.07, 6.45) is 3.22. The Morgan fingerprint density at radius 1 is 1.14 bits per heavy atom. The van der Waals surface area contributed by atoms with Crippen LogP contribution < -0.4 is 5.32 Å². The minimum absolute atomic E-state index is 0.0542. The van der Waals surface area contributed by atoms with Gasteiger partial charge in [0.2, 0.25) is 5.91 Å². The van der Waals surface area contributed by atoms with Crippen molar-refractivity contribution in [1.82, 2.24) is 20.1 Å². The lowest BCUT2D eigenvalue weighted by Gasteiger charge is -2.34. The van der Waals surface area contributed by atoms with Gasteiger partial charge in [0.1, 0.15) is 9.88 Å². The maximum atomic E-state index is 13.0. The van der Waals surface area contributed by atoms with Crippen LogP contribution in [-0.4, -0.2) is 65.4 Å². The Kier molecular flexibility index (Phi) is 5.96. The fraction of sp³-hybridized carbons (Fsp3) is 0.500. The van der Waals surface area contributed by atoms with E-state index in [0.717, 1.165) is 53.5 Å². The van der Waals surface area contributed by atoms with Gasteiger partial charge in [-0.15, -0.1) is 11.3 Å². The van der Waals surface area contributed by atoms with E-state index in [-0.39, 0.29) is 11.8 Å². The second kappa shape index (κ2) is 8.63. The smallest absolute Gasteiger partial charge is 0.265 e. The van der Waals surface area contributed by atoms with Crippen LogP contribution in [0.5, 0.6) is 0 Å². The zero-order valence-corrected chi connectivity index (χ0v) is 17.9. The second-order valence-electron chi connectivity index (χ2n) is 7.89. The van der Waals surface area contributed by atoms with Crippen LogP contribution in [0.3, 0.4) is 0 Å². The number of hydrogen-bond donors (Lipinski definition) is 1. The summed E-state index contributed by atoms with van der Waals surface area (Å²) in [6.45, 7) is 7.22. The Bertz CT molecular complexity index is 881. The van der Waals surface area contributed by atoms with E-state index in [1.807, 2.05) is 11.8 Å². The number of thiazole rings is 1. The molecule has 7 heteroatoms. The molecule has 1 saturated carbocycles. The van der Waals surface area contributed by atoms with Gasteiger partial charge < -0.3 is 10.2 Å². The molecule has 1 N–H and O–H groups in total. The van der Waals surface area contributed by atoms with Gasteiger partial charge in [0, 0.05) is 37.8 Å². The van der Waals surface area contributed by atoms with E-state index < -0.39 is 0 Å². The van der Waals surface area contributed by atoms with E-state index >= 15 is 0 Å². The first-order chi connectivity index (χ1) is 14.0. The molecule has 2 fully saturated rings. The third-order valence-electron chi connectivity index (χ3n) is 5.57. The first-order valence-electron chi connectivity index (χ1n) is 10.4. The summed E-state index contributed by atoms with van der Waals surface area (Å²) in [4.78, 5) is 34.4. The molecule has 6 nitrogen and oxygen atoms in total. The van der Waals surface area contributed by atoms with Gasteiger partial charge in [-0.05, 0) is 31.7 Å².